The molecule has 0 unspecified atom stereocenters. The monoisotopic (exact) mass is 350 g/mol. The van der Waals surface area contributed by atoms with Crippen LogP contribution in [0.1, 0.15) is 25.8 Å². The Morgan fingerprint density at radius 1 is 1.50 bits per heavy atom. The summed E-state index contributed by atoms with van der Waals surface area (Å²) in [5.74, 6) is 0. The summed E-state index contributed by atoms with van der Waals surface area (Å²) in [4.78, 5) is 0.0650. The summed E-state index contributed by atoms with van der Waals surface area (Å²) in [6.45, 7) is 5.21. The highest BCUT2D eigenvalue weighted by Gasteiger charge is 2.30. The van der Waals surface area contributed by atoms with Gasteiger partial charge in [0.25, 0.3) is 0 Å². The number of rotatable bonds is 6. The van der Waals surface area contributed by atoms with Gasteiger partial charge in [-0.3, -0.25) is 0 Å². The number of ether oxygens (including phenoxy) is 2. The highest BCUT2D eigenvalue weighted by molar-refractivity contribution is 7.89. The molecule has 0 aliphatic carbocycles. The van der Waals surface area contributed by atoms with Crippen LogP contribution in [0, 0.1) is 11.3 Å². The molecule has 1 fully saturated rings. The van der Waals surface area contributed by atoms with Gasteiger partial charge < -0.3 is 9.47 Å². The zero-order valence-electron chi connectivity index (χ0n) is 13.9. The van der Waals surface area contributed by atoms with Crippen LogP contribution >= 0.6 is 0 Å². The predicted octanol–water partition coefficient (Wildman–Crippen LogP) is 1.98. The summed E-state index contributed by atoms with van der Waals surface area (Å²) >= 11 is 0. The van der Waals surface area contributed by atoms with Gasteiger partial charge in [0.2, 0.25) is 10.0 Å². The minimum atomic E-state index is -3.74. The number of nitriles is 1. The third-order valence-corrected chi connectivity index (χ3v) is 5.16. The maximum absolute atomic E-state index is 12.6. The third kappa shape index (κ3) is 5.14. The average Bonchev–Trinajstić information content (AvgIpc) is 2.56. The van der Waals surface area contributed by atoms with Gasteiger partial charge in [-0.05, 0) is 38.5 Å². The van der Waals surface area contributed by atoms with Crippen molar-refractivity contribution < 1.29 is 17.9 Å². The van der Waals surface area contributed by atoms with Crippen LogP contribution in [0.25, 0.3) is 0 Å². The van der Waals surface area contributed by atoms with Gasteiger partial charge in [-0.15, -0.1) is 0 Å². The highest BCUT2D eigenvalue weighted by atomic mass is 32.2. The Kier molecular flexibility index (Phi) is 6.52. The van der Waals surface area contributed by atoms with Gasteiger partial charge in [0, 0.05) is 6.61 Å². The fraction of sp³-hybridized carbons (Fsp3) is 0.471. The molecule has 7 heteroatoms. The standard InChI is InChI=1S/C17H22N2O4S/c1-13(2)6-9-23-17-7-8-22-12-16(17)19-24(20,21)15-5-3-4-14(10-15)11-18/h3-6,10,16-17,19H,7-9,12H2,1-2H3/t16-,17+/m1/s1. The maximum atomic E-state index is 12.6. The van der Waals surface area contributed by atoms with Gasteiger partial charge in [-0.2, -0.15) is 5.26 Å². The number of nitrogens with one attached hydrogen (secondary N) is 1. The minimum Gasteiger partial charge on any atom is -0.380 e. The van der Waals surface area contributed by atoms with Crippen LogP contribution < -0.4 is 4.72 Å². The van der Waals surface area contributed by atoms with E-state index in [9.17, 15) is 8.42 Å². The van der Waals surface area contributed by atoms with E-state index >= 15 is 0 Å². The molecule has 0 aromatic heterocycles. The summed E-state index contributed by atoms with van der Waals surface area (Å²) in [6.07, 6.45) is 2.34. The van der Waals surface area contributed by atoms with Gasteiger partial charge in [0.05, 0.1) is 41.9 Å². The number of hydrogen-bond donors (Lipinski definition) is 1. The molecule has 2 atom stereocenters. The van der Waals surface area contributed by atoms with E-state index in [0.717, 1.165) is 5.57 Å². The molecule has 1 aromatic rings. The van der Waals surface area contributed by atoms with Crippen molar-refractivity contribution in [3.05, 3.63) is 41.5 Å². The number of nitrogens with zero attached hydrogens (tertiary/aromatic N) is 1. The Balaban J connectivity index is 2.10. The summed E-state index contributed by atoms with van der Waals surface area (Å²) in [6, 6.07) is 7.41. The lowest BCUT2D eigenvalue weighted by Crippen LogP contribution is -2.50. The molecule has 0 saturated carbocycles. The molecule has 2 rings (SSSR count). The topological polar surface area (TPSA) is 88.4 Å². The molecule has 1 aliphatic heterocycles. The number of sulfonamides is 1. The second-order valence-corrected chi connectivity index (χ2v) is 7.60. The van der Waals surface area contributed by atoms with Crippen molar-refractivity contribution in [1.82, 2.24) is 4.72 Å². The Labute approximate surface area is 143 Å². The van der Waals surface area contributed by atoms with E-state index < -0.39 is 16.1 Å². The first-order valence-electron chi connectivity index (χ1n) is 7.77. The van der Waals surface area contributed by atoms with Gasteiger partial charge >= 0.3 is 0 Å². The lowest BCUT2D eigenvalue weighted by Gasteiger charge is -2.31. The first-order valence-corrected chi connectivity index (χ1v) is 9.26. The van der Waals surface area contributed by atoms with Gasteiger partial charge in [-0.1, -0.05) is 17.7 Å². The predicted molar refractivity (Wildman–Crippen MR) is 89.9 cm³/mol. The van der Waals surface area contributed by atoms with Crippen LogP contribution in [0.4, 0.5) is 0 Å². The molecule has 1 aromatic carbocycles. The van der Waals surface area contributed by atoms with E-state index in [2.05, 4.69) is 4.72 Å². The van der Waals surface area contributed by atoms with E-state index in [-0.39, 0.29) is 17.6 Å². The normalized spacial score (nSPS) is 21.0. The van der Waals surface area contributed by atoms with Crippen molar-refractivity contribution in [3.63, 3.8) is 0 Å². The molecule has 0 bridgehead atoms. The largest absolute Gasteiger partial charge is 0.380 e. The van der Waals surface area contributed by atoms with Crippen LogP contribution in [-0.2, 0) is 19.5 Å². The van der Waals surface area contributed by atoms with E-state index in [1.807, 2.05) is 26.0 Å². The summed E-state index contributed by atoms with van der Waals surface area (Å²) < 4.78 is 38.9. The fourth-order valence-electron chi connectivity index (χ4n) is 2.37. The summed E-state index contributed by atoms with van der Waals surface area (Å²) in [7, 11) is -3.74. The Morgan fingerprint density at radius 3 is 3.00 bits per heavy atom. The molecule has 0 spiro atoms. The molecule has 1 N–H and O–H groups in total. The average molecular weight is 350 g/mol. The lowest BCUT2D eigenvalue weighted by atomic mass is 10.1. The number of allylic oxidation sites excluding steroid dienone is 1. The lowest BCUT2D eigenvalue weighted by molar-refractivity contribution is -0.0418. The van der Waals surface area contributed by atoms with Crippen molar-refractivity contribution >= 4 is 10.0 Å². The van der Waals surface area contributed by atoms with Crippen molar-refractivity contribution in [2.75, 3.05) is 19.8 Å². The van der Waals surface area contributed by atoms with Crippen molar-refractivity contribution in [1.29, 1.82) is 5.26 Å². The molecule has 1 aliphatic rings. The summed E-state index contributed by atoms with van der Waals surface area (Å²) in [5, 5.41) is 8.92. The Hall–Kier alpha value is -1.72. The Bertz CT molecular complexity index is 733. The van der Waals surface area contributed by atoms with Crippen LogP contribution in [0.5, 0.6) is 0 Å². The molecule has 0 amide bonds. The second-order valence-electron chi connectivity index (χ2n) is 5.88. The first kappa shape index (κ1) is 18.6. The van der Waals surface area contributed by atoms with Gasteiger partial charge in [-0.25, -0.2) is 13.1 Å². The SMILES string of the molecule is CC(C)=CCO[C@H]1CCOC[C@H]1NS(=O)(=O)c1cccc(C#N)c1. The Morgan fingerprint density at radius 2 is 2.29 bits per heavy atom. The van der Waals surface area contributed by atoms with Crippen molar-refractivity contribution in [3.8, 4) is 6.07 Å². The van der Waals surface area contributed by atoms with Gasteiger partial charge in [0.15, 0.2) is 0 Å². The quantitative estimate of drug-likeness (QED) is 0.793. The van der Waals surface area contributed by atoms with E-state index in [4.69, 9.17) is 14.7 Å². The number of hydrogen-bond acceptors (Lipinski definition) is 5. The molecule has 24 heavy (non-hydrogen) atoms. The maximum Gasteiger partial charge on any atom is 0.241 e. The molecule has 1 saturated heterocycles. The molecule has 130 valence electrons. The van der Waals surface area contributed by atoms with Crippen molar-refractivity contribution in [2.45, 2.75) is 37.3 Å². The molecular weight excluding hydrogens is 328 g/mol. The highest BCUT2D eigenvalue weighted by Crippen LogP contribution is 2.17. The third-order valence-electron chi connectivity index (χ3n) is 3.67. The van der Waals surface area contributed by atoms with E-state index in [1.165, 1.54) is 12.1 Å². The number of benzene rings is 1. The smallest absolute Gasteiger partial charge is 0.241 e. The fourth-order valence-corrected chi connectivity index (χ4v) is 3.66. The zero-order chi connectivity index (χ0) is 17.6. The molecular formula is C17H22N2O4S. The molecule has 6 nitrogen and oxygen atoms in total. The van der Waals surface area contributed by atoms with Crippen LogP contribution in [0.15, 0.2) is 40.8 Å². The van der Waals surface area contributed by atoms with Crippen LogP contribution in [0.2, 0.25) is 0 Å². The summed E-state index contributed by atoms with van der Waals surface area (Å²) in [5.41, 5.74) is 1.45. The molecule has 1 heterocycles. The van der Waals surface area contributed by atoms with Crippen molar-refractivity contribution in [2.24, 2.45) is 0 Å². The first-order chi connectivity index (χ1) is 11.4. The minimum absolute atomic E-state index is 0.0650. The molecule has 0 radical (unpaired) electrons. The van der Waals surface area contributed by atoms with Gasteiger partial charge in [0.1, 0.15) is 0 Å². The van der Waals surface area contributed by atoms with Crippen LogP contribution in [-0.4, -0.2) is 40.4 Å². The second kappa shape index (κ2) is 8.40. The van der Waals surface area contributed by atoms with E-state index in [0.29, 0.717) is 25.2 Å². The zero-order valence-corrected chi connectivity index (χ0v) is 14.7. The van der Waals surface area contributed by atoms with Crippen LogP contribution in [0.3, 0.4) is 0 Å². The van der Waals surface area contributed by atoms with E-state index in [1.54, 1.807) is 12.1 Å².